The van der Waals surface area contributed by atoms with Crippen molar-refractivity contribution in [3.8, 4) is 0 Å². The van der Waals surface area contributed by atoms with Gasteiger partial charge in [0.05, 0.1) is 0 Å². The predicted octanol–water partition coefficient (Wildman–Crippen LogP) is 2.74. The zero-order chi connectivity index (χ0) is 12.0. The minimum atomic E-state index is 0.775. The third-order valence-corrected chi connectivity index (χ3v) is 3.66. The fourth-order valence-electron chi connectivity index (χ4n) is 2.35. The largest absolute Gasteiger partial charge is 0.314 e. The number of piperidine rings is 1. The molecule has 1 atom stereocenters. The van der Waals surface area contributed by atoms with E-state index in [0.29, 0.717) is 0 Å². The normalized spacial score (nSPS) is 21.6. The highest BCUT2D eigenvalue weighted by Crippen LogP contribution is 2.12. The molecule has 0 aliphatic carbocycles. The summed E-state index contributed by atoms with van der Waals surface area (Å²) in [4.78, 5) is 2.62. The number of likely N-dealkylation sites (tertiary alicyclic amines) is 1. The van der Waals surface area contributed by atoms with E-state index in [0.717, 1.165) is 17.9 Å². The zero-order valence-corrected chi connectivity index (χ0v) is 11.6. The van der Waals surface area contributed by atoms with Gasteiger partial charge >= 0.3 is 0 Å². The van der Waals surface area contributed by atoms with Crippen LogP contribution in [0.25, 0.3) is 0 Å². The van der Waals surface area contributed by atoms with Crippen LogP contribution in [0.2, 0.25) is 0 Å². The van der Waals surface area contributed by atoms with Crippen LogP contribution >= 0.6 is 0 Å². The first-order chi connectivity index (χ1) is 7.61. The SMILES string of the molecule is CCC(C)CNC1CCN(CC(C)C)CC1. The van der Waals surface area contributed by atoms with Crippen LogP contribution in [0.1, 0.15) is 47.0 Å². The highest BCUT2D eigenvalue weighted by atomic mass is 15.1. The fourth-order valence-corrected chi connectivity index (χ4v) is 2.35. The Hall–Kier alpha value is -0.0800. The molecule has 96 valence electrons. The van der Waals surface area contributed by atoms with Crippen molar-refractivity contribution in [2.75, 3.05) is 26.2 Å². The van der Waals surface area contributed by atoms with Gasteiger partial charge in [-0.3, -0.25) is 0 Å². The second-order valence-corrected chi connectivity index (χ2v) is 5.89. The Morgan fingerprint density at radius 2 is 1.81 bits per heavy atom. The molecule has 16 heavy (non-hydrogen) atoms. The predicted molar refractivity (Wildman–Crippen MR) is 71.8 cm³/mol. The molecule has 0 aromatic carbocycles. The number of nitrogens with zero attached hydrogens (tertiary/aromatic N) is 1. The average molecular weight is 226 g/mol. The van der Waals surface area contributed by atoms with E-state index in [2.05, 4.69) is 37.9 Å². The highest BCUT2D eigenvalue weighted by Gasteiger charge is 2.19. The van der Waals surface area contributed by atoms with Gasteiger partial charge in [0.25, 0.3) is 0 Å². The van der Waals surface area contributed by atoms with Gasteiger partial charge in [0.15, 0.2) is 0 Å². The molecule has 0 bridgehead atoms. The average Bonchev–Trinajstić information content (AvgIpc) is 2.27. The Balaban J connectivity index is 2.12. The van der Waals surface area contributed by atoms with Crippen molar-refractivity contribution in [1.29, 1.82) is 0 Å². The number of rotatable bonds is 6. The van der Waals surface area contributed by atoms with Gasteiger partial charge in [-0.15, -0.1) is 0 Å². The highest BCUT2D eigenvalue weighted by molar-refractivity contribution is 4.78. The molecule has 1 heterocycles. The molecule has 0 aromatic heterocycles. The Morgan fingerprint density at radius 1 is 1.19 bits per heavy atom. The minimum Gasteiger partial charge on any atom is -0.314 e. The molecule has 0 aromatic rings. The maximum absolute atomic E-state index is 3.72. The van der Waals surface area contributed by atoms with Crippen LogP contribution in [0, 0.1) is 11.8 Å². The van der Waals surface area contributed by atoms with Gasteiger partial charge in [0.1, 0.15) is 0 Å². The summed E-state index contributed by atoms with van der Waals surface area (Å²) < 4.78 is 0. The quantitative estimate of drug-likeness (QED) is 0.749. The molecule has 1 rings (SSSR count). The lowest BCUT2D eigenvalue weighted by atomic mass is 10.0. The first-order valence-electron chi connectivity index (χ1n) is 7.07. The molecule has 1 aliphatic heterocycles. The lowest BCUT2D eigenvalue weighted by Crippen LogP contribution is -2.44. The Labute approximate surface area is 102 Å². The van der Waals surface area contributed by atoms with E-state index in [4.69, 9.17) is 0 Å². The molecule has 1 aliphatic rings. The van der Waals surface area contributed by atoms with Crippen molar-refractivity contribution in [1.82, 2.24) is 10.2 Å². The second kappa shape index (κ2) is 7.29. The lowest BCUT2D eigenvalue weighted by molar-refractivity contribution is 0.178. The maximum Gasteiger partial charge on any atom is 0.00915 e. The molecule has 2 heteroatoms. The van der Waals surface area contributed by atoms with Crippen molar-refractivity contribution in [2.45, 2.75) is 53.0 Å². The topological polar surface area (TPSA) is 15.3 Å². The van der Waals surface area contributed by atoms with Crippen molar-refractivity contribution >= 4 is 0 Å². The molecule has 1 fully saturated rings. The first kappa shape index (κ1) is 14.0. The van der Waals surface area contributed by atoms with E-state index in [1.54, 1.807) is 0 Å². The van der Waals surface area contributed by atoms with Crippen molar-refractivity contribution in [2.24, 2.45) is 11.8 Å². The lowest BCUT2D eigenvalue weighted by Gasteiger charge is -2.33. The summed E-state index contributed by atoms with van der Waals surface area (Å²) in [7, 11) is 0. The van der Waals surface area contributed by atoms with E-state index in [9.17, 15) is 0 Å². The Bertz CT molecular complexity index is 172. The monoisotopic (exact) mass is 226 g/mol. The minimum absolute atomic E-state index is 0.775. The van der Waals surface area contributed by atoms with Crippen LogP contribution in [0.5, 0.6) is 0 Å². The van der Waals surface area contributed by atoms with Crippen molar-refractivity contribution in [3.05, 3.63) is 0 Å². The molecular formula is C14H30N2. The van der Waals surface area contributed by atoms with Crippen molar-refractivity contribution < 1.29 is 0 Å². The molecular weight excluding hydrogens is 196 g/mol. The van der Waals surface area contributed by atoms with Crippen LogP contribution in [0.4, 0.5) is 0 Å². The van der Waals surface area contributed by atoms with Gasteiger partial charge in [0, 0.05) is 12.6 Å². The van der Waals surface area contributed by atoms with Gasteiger partial charge in [0.2, 0.25) is 0 Å². The fraction of sp³-hybridized carbons (Fsp3) is 1.00. The molecule has 0 spiro atoms. The Morgan fingerprint density at radius 3 is 2.31 bits per heavy atom. The summed E-state index contributed by atoms with van der Waals surface area (Å²) in [5.74, 6) is 1.64. The molecule has 0 radical (unpaired) electrons. The summed E-state index contributed by atoms with van der Waals surface area (Å²) in [6.07, 6.45) is 3.96. The number of nitrogens with one attached hydrogen (secondary N) is 1. The van der Waals surface area contributed by atoms with Gasteiger partial charge in [-0.2, -0.15) is 0 Å². The zero-order valence-electron chi connectivity index (χ0n) is 11.6. The third kappa shape index (κ3) is 5.31. The second-order valence-electron chi connectivity index (χ2n) is 5.89. The standard InChI is InChI=1S/C14H30N2/c1-5-13(4)10-15-14-6-8-16(9-7-14)11-12(2)3/h12-15H,5-11H2,1-4H3. The van der Waals surface area contributed by atoms with Crippen LogP contribution in [0.3, 0.4) is 0 Å². The molecule has 1 saturated heterocycles. The van der Waals surface area contributed by atoms with Gasteiger partial charge in [-0.05, 0) is 44.3 Å². The van der Waals surface area contributed by atoms with E-state index in [-0.39, 0.29) is 0 Å². The summed E-state index contributed by atoms with van der Waals surface area (Å²) in [6, 6.07) is 0.775. The summed E-state index contributed by atoms with van der Waals surface area (Å²) in [5.41, 5.74) is 0. The summed E-state index contributed by atoms with van der Waals surface area (Å²) in [5, 5.41) is 3.72. The first-order valence-corrected chi connectivity index (χ1v) is 7.07. The van der Waals surface area contributed by atoms with Gasteiger partial charge in [-0.25, -0.2) is 0 Å². The Kier molecular flexibility index (Phi) is 6.37. The molecule has 0 amide bonds. The van der Waals surface area contributed by atoms with Crippen LogP contribution < -0.4 is 5.32 Å². The van der Waals surface area contributed by atoms with E-state index < -0.39 is 0 Å². The van der Waals surface area contributed by atoms with Crippen molar-refractivity contribution in [3.63, 3.8) is 0 Å². The number of hydrogen-bond donors (Lipinski definition) is 1. The van der Waals surface area contributed by atoms with E-state index in [1.165, 1.54) is 45.4 Å². The molecule has 1 unspecified atom stereocenters. The van der Waals surface area contributed by atoms with Gasteiger partial charge in [-0.1, -0.05) is 34.1 Å². The summed E-state index contributed by atoms with van der Waals surface area (Å²) >= 11 is 0. The maximum atomic E-state index is 3.72. The van der Waals surface area contributed by atoms with E-state index >= 15 is 0 Å². The summed E-state index contributed by atoms with van der Waals surface area (Å²) in [6.45, 7) is 14.3. The van der Waals surface area contributed by atoms with Crippen LogP contribution in [-0.4, -0.2) is 37.1 Å². The smallest absolute Gasteiger partial charge is 0.00915 e. The number of hydrogen-bond acceptors (Lipinski definition) is 2. The molecule has 0 saturated carbocycles. The van der Waals surface area contributed by atoms with Crippen LogP contribution in [-0.2, 0) is 0 Å². The van der Waals surface area contributed by atoms with Gasteiger partial charge < -0.3 is 10.2 Å². The van der Waals surface area contributed by atoms with Crippen LogP contribution in [0.15, 0.2) is 0 Å². The molecule has 1 N–H and O–H groups in total. The third-order valence-electron chi connectivity index (χ3n) is 3.66. The molecule has 2 nitrogen and oxygen atoms in total. The van der Waals surface area contributed by atoms with E-state index in [1.807, 2.05) is 0 Å².